The summed E-state index contributed by atoms with van der Waals surface area (Å²) in [4.78, 5) is 1.97. The fourth-order valence-electron chi connectivity index (χ4n) is 1.95. The summed E-state index contributed by atoms with van der Waals surface area (Å²) in [7, 11) is 0. The van der Waals surface area contributed by atoms with Crippen LogP contribution in [0.1, 0.15) is 12.5 Å². The van der Waals surface area contributed by atoms with Crippen LogP contribution in [0, 0.1) is 5.82 Å². The number of alkyl halides is 1. The minimum atomic E-state index is -0.183. The van der Waals surface area contributed by atoms with Gasteiger partial charge in [-0.1, -0.05) is 40.2 Å². The van der Waals surface area contributed by atoms with Crippen LogP contribution in [0.25, 0.3) is 0 Å². The molecule has 0 N–H and O–H groups in total. The molecule has 1 nitrogen and oxygen atoms in total. The second kappa shape index (κ2) is 6.01. The molecule has 0 unspecified atom stereocenters. The summed E-state index contributed by atoms with van der Waals surface area (Å²) in [5, 5.41) is 0.668. The molecular weight excluding hydrogens is 293 g/mol. The minimum Gasteiger partial charge on any atom is -0.339 e. The number of anilines is 2. The summed E-state index contributed by atoms with van der Waals surface area (Å²) in [5.74, 6) is -0.183. The topological polar surface area (TPSA) is 3.24 Å². The van der Waals surface area contributed by atoms with E-state index < -0.39 is 0 Å². The lowest BCUT2D eigenvalue weighted by Crippen LogP contribution is -2.17. The number of benzene rings is 2. The van der Waals surface area contributed by atoms with Crippen LogP contribution in [0.2, 0.25) is 0 Å². The maximum atomic E-state index is 14.1. The lowest BCUT2D eigenvalue weighted by Gasteiger charge is -2.24. The third-order valence-corrected chi connectivity index (χ3v) is 3.49. The molecule has 0 aliphatic rings. The van der Waals surface area contributed by atoms with E-state index in [2.05, 4.69) is 15.9 Å². The van der Waals surface area contributed by atoms with Crippen LogP contribution < -0.4 is 4.90 Å². The van der Waals surface area contributed by atoms with Crippen LogP contribution in [0.15, 0.2) is 48.5 Å². The Bertz CT molecular complexity index is 513. The molecule has 94 valence electrons. The molecule has 2 aromatic rings. The van der Waals surface area contributed by atoms with Gasteiger partial charge in [0.25, 0.3) is 0 Å². The highest BCUT2D eigenvalue weighted by molar-refractivity contribution is 9.08. The van der Waals surface area contributed by atoms with Crippen molar-refractivity contribution in [2.24, 2.45) is 0 Å². The molecule has 0 heterocycles. The molecule has 0 saturated heterocycles. The van der Waals surface area contributed by atoms with E-state index in [0.717, 1.165) is 17.8 Å². The van der Waals surface area contributed by atoms with Crippen LogP contribution in [0.5, 0.6) is 0 Å². The van der Waals surface area contributed by atoms with Crippen LogP contribution in [-0.4, -0.2) is 6.54 Å². The highest BCUT2D eigenvalue weighted by Gasteiger charge is 2.11. The van der Waals surface area contributed by atoms with Crippen LogP contribution in [-0.2, 0) is 5.33 Å². The summed E-state index contributed by atoms with van der Waals surface area (Å²) in [6.07, 6.45) is 0. The van der Waals surface area contributed by atoms with Gasteiger partial charge in [0.05, 0.1) is 5.69 Å². The monoisotopic (exact) mass is 307 g/mol. The van der Waals surface area contributed by atoms with E-state index >= 15 is 0 Å². The smallest absolute Gasteiger partial charge is 0.147 e. The molecule has 0 fully saturated rings. The van der Waals surface area contributed by atoms with E-state index in [0.29, 0.717) is 11.0 Å². The molecular formula is C15H15BrFN. The third kappa shape index (κ3) is 2.72. The molecule has 0 saturated carbocycles. The van der Waals surface area contributed by atoms with Crippen molar-refractivity contribution in [1.82, 2.24) is 0 Å². The van der Waals surface area contributed by atoms with E-state index in [-0.39, 0.29) is 5.82 Å². The van der Waals surface area contributed by atoms with Crippen molar-refractivity contribution in [2.75, 3.05) is 11.4 Å². The number of nitrogens with zero attached hydrogens (tertiary/aromatic N) is 1. The Morgan fingerprint density at radius 2 is 1.83 bits per heavy atom. The SMILES string of the molecule is CCN(c1ccccc1)c1ccc(CBr)cc1F. The first kappa shape index (κ1) is 13.1. The van der Waals surface area contributed by atoms with Gasteiger partial charge in [-0.25, -0.2) is 4.39 Å². The van der Waals surface area contributed by atoms with Crippen molar-refractivity contribution in [1.29, 1.82) is 0 Å². The summed E-state index contributed by atoms with van der Waals surface area (Å²) >= 11 is 3.33. The van der Waals surface area contributed by atoms with E-state index in [1.54, 1.807) is 6.07 Å². The number of para-hydroxylation sites is 1. The Labute approximate surface area is 115 Å². The van der Waals surface area contributed by atoms with Gasteiger partial charge in [0.2, 0.25) is 0 Å². The van der Waals surface area contributed by atoms with Crippen LogP contribution >= 0.6 is 15.9 Å². The van der Waals surface area contributed by atoms with Crippen molar-refractivity contribution < 1.29 is 4.39 Å². The molecule has 2 aromatic carbocycles. The Morgan fingerprint density at radius 1 is 1.11 bits per heavy atom. The Hall–Kier alpha value is -1.35. The molecule has 0 aliphatic carbocycles. The number of halogens is 2. The van der Waals surface area contributed by atoms with Gasteiger partial charge in [0.1, 0.15) is 5.82 Å². The highest BCUT2D eigenvalue weighted by atomic mass is 79.9. The molecule has 0 spiro atoms. The first-order valence-corrected chi connectivity index (χ1v) is 7.05. The third-order valence-electron chi connectivity index (χ3n) is 2.84. The van der Waals surface area contributed by atoms with Crippen LogP contribution in [0.4, 0.5) is 15.8 Å². The molecule has 0 aromatic heterocycles. The van der Waals surface area contributed by atoms with E-state index in [1.807, 2.05) is 54.3 Å². The summed E-state index contributed by atoms with van der Waals surface area (Å²) in [6.45, 7) is 2.75. The first-order chi connectivity index (χ1) is 8.76. The predicted molar refractivity (Wildman–Crippen MR) is 78.2 cm³/mol. The minimum absolute atomic E-state index is 0.183. The average molecular weight is 308 g/mol. The molecule has 18 heavy (non-hydrogen) atoms. The number of hydrogen-bond donors (Lipinski definition) is 0. The summed E-state index contributed by atoms with van der Waals surface area (Å²) < 4.78 is 14.1. The van der Waals surface area contributed by atoms with Gasteiger partial charge < -0.3 is 4.90 Å². The summed E-state index contributed by atoms with van der Waals surface area (Å²) in [6, 6.07) is 15.2. The van der Waals surface area contributed by atoms with Gasteiger partial charge in [0, 0.05) is 17.6 Å². The number of rotatable bonds is 4. The maximum Gasteiger partial charge on any atom is 0.147 e. The van der Waals surface area contributed by atoms with E-state index in [1.165, 1.54) is 0 Å². The van der Waals surface area contributed by atoms with Gasteiger partial charge in [-0.15, -0.1) is 0 Å². The second-order valence-electron chi connectivity index (χ2n) is 4.00. The zero-order chi connectivity index (χ0) is 13.0. The van der Waals surface area contributed by atoms with Gasteiger partial charge in [-0.2, -0.15) is 0 Å². The van der Waals surface area contributed by atoms with Crippen molar-refractivity contribution in [2.45, 2.75) is 12.3 Å². The Morgan fingerprint density at radius 3 is 2.39 bits per heavy atom. The lowest BCUT2D eigenvalue weighted by molar-refractivity contribution is 0.624. The first-order valence-electron chi connectivity index (χ1n) is 5.93. The Balaban J connectivity index is 2.39. The normalized spacial score (nSPS) is 10.4. The molecule has 0 radical (unpaired) electrons. The number of hydrogen-bond acceptors (Lipinski definition) is 1. The van der Waals surface area contributed by atoms with Gasteiger partial charge in [-0.05, 0) is 36.8 Å². The van der Waals surface area contributed by atoms with Gasteiger partial charge >= 0.3 is 0 Å². The molecule has 0 atom stereocenters. The van der Waals surface area contributed by atoms with Gasteiger partial charge in [-0.3, -0.25) is 0 Å². The average Bonchev–Trinajstić information content (AvgIpc) is 2.42. The largest absolute Gasteiger partial charge is 0.339 e. The van der Waals surface area contributed by atoms with Crippen molar-refractivity contribution in [3.8, 4) is 0 Å². The van der Waals surface area contributed by atoms with Gasteiger partial charge in [0.15, 0.2) is 0 Å². The van der Waals surface area contributed by atoms with Crippen LogP contribution in [0.3, 0.4) is 0 Å². The second-order valence-corrected chi connectivity index (χ2v) is 4.56. The molecule has 2 rings (SSSR count). The maximum absolute atomic E-state index is 14.1. The van der Waals surface area contributed by atoms with E-state index in [9.17, 15) is 4.39 Å². The molecule has 0 amide bonds. The standard InChI is InChI=1S/C15H15BrFN/c1-2-18(13-6-4-3-5-7-13)15-9-8-12(11-16)10-14(15)17/h3-10H,2,11H2,1H3. The zero-order valence-corrected chi connectivity index (χ0v) is 11.8. The fourth-order valence-corrected chi connectivity index (χ4v) is 2.30. The zero-order valence-electron chi connectivity index (χ0n) is 10.2. The summed E-state index contributed by atoms with van der Waals surface area (Å²) in [5.41, 5.74) is 2.57. The van der Waals surface area contributed by atoms with Crippen molar-refractivity contribution >= 4 is 27.3 Å². The van der Waals surface area contributed by atoms with Crippen molar-refractivity contribution in [3.63, 3.8) is 0 Å². The quantitative estimate of drug-likeness (QED) is 0.728. The van der Waals surface area contributed by atoms with Crippen molar-refractivity contribution in [3.05, 3.63) is 59.9 Å². The molecule has 0 bridgehead atoms. The molecule has 0 aliphatic heterocycles. The molecule has 3 heteroatoms. The highest BCUT2D eigenvalue weighted by Crippen LogP contribution is 2.28. The lowest BCUT2D eigenvalue weighted by atomic mass is 10.2. The fraction of sp³-hybridized carbons (Fsp3) is 0.200. The Kier molecular flexibility index (Phi) is 4.37. The van der Waals surface area contributed by atoms with E-state index in [4.69, 9.17) is 0 Å². The predicted octanol–water partition coefficient (Wildman–Crippen LogP) is 4.88.